The summed E-state index contributed by atoms with van der Waals surface area (Å²) in [7, 11) is 1.92. The maximum atomic E-state index is 5.55. The highest BCUT2D eigenvalue weighted by atomic mass is 16.4. The topological polar surface area (TPSA) is 29.3 Å². The lowest BCUT2D eigenvalue weighted by molar-refractivity contribution is 0.591. The van der Waals surface area contributed by atoms with Crippen LogP contribution in [0.3, 0.4) is 0 Å². The number of oxazole rings is 1. The summed E-state index contributed by atoms with van der Waals surface area (Å²) in [5.74, 6) is 0. The molecule has 0 spiro atoms. The highest BCUT2D eigenvalue weighted by Gasteiger charge is 2.07. The van der Waals surface area contributed by atoms with Gasteiger partial charge in [-0.1, -0.05) is 18.2 Å². The van der Waals surface area contributed by atoms with E-state index < -0.39 is 0 Å². The van der Waals surface area contributed by atoms with E-state index in [0.717, 1.165) is 17.6 Å². The van der Waals surface area contributed by atoms with Gasteiger partial charge >= 0.3 is 0 Å². The molecule has 0 unspecified atom stereocenters. The third-order valence-electron chi connectivity index (χ3n) is 2.01. The van der Waals surface area contributed by atoms with E-state index in [1.54, 1.807) is 0 Å². The number of likely N-dealkylation sites (N-methyl/N-ethyl adjacent to an activating group) is 1. The summed E-state index contributed by atoms with van der Waals surface area (Å²) in [5.41, 5.74) is 1.71. The molecule has 3 nitrogen and oxygen atoms in total. The minimum absolute atomic E-state index is 0.631. The normalized spacial score (nSPS) is 10.4. The Labute approximate surface area is 82.7 Å². The van der Waals surface area contributed by atoms with Crippen LogP contribution in [0.5, 0.6) is 0 Å². The van der Waals surface area contributed by atoms with E-state index in [4.69, 9.17) is 4.42 Å². The van der Waals surface area contributed by atoms with Gasteiger partial charge in [0, 0.05) is 13.6 Å². The van der Waals surface area contributed by atoms with E-state index in [1.807, 2.05) is 42.3 Å². The average molecular weight is 188 g/mol. The van der Waals surface area contributed by atoms with Crippen LogP contribution in [0.2, 0.25) is 0 Å². The lowest BCUT2D eigenvalue weighted by Gasteiger charge is -2.09. The molecule has 0 saturated carbocycles. The van der Waals surface area contributed by atoms with E-state index in [9.17, 15) is 0 Å². The van der Waals surface area contributed by atoms with E-state index in [-0.39, 0.29) is 0 Å². The minimum Gasteiger partial charge on any atom is -0.423 e. The van der Waals surface area contributed by atoms with Gasteiger partial charge in [0.2, 0.25) is 0 Å². The molecule has 0 amide bonds. The first-order chi connectivity index (χ1) is 6.81. The molecule has 0 atom stereocenters. The number of rotatable bonds is 3. The van der Waals surface area contributed by atoms with E-state index in [2.05, 4.69) is 11.6 Å². The number of benzene rings is 1. The number of aromatic nitrogens is 1. The van der Waals surface area contributed by atoms with Crippen LogP contribution in [0.4, 0.5) is 6.01 Å². The molecule has 72 valence electrons. The fraction of sp³-hybridized carbons (Fsp3) is 0.182. The number of hydrogen-bond donors (Lipinski definition) is 0. The Balaban J connectivity index is 2.39. The molecule has 1 aromatic carbocycles. The lowest BCUT2D eigenvalue weighted by atomic mass is 10.3. The zero-order chi connectivity index (χ0) is 9.97. The first-order valence-electron chi connectivity index (χ1n) is 4.49. The van der Waals surface area contributed by atoms with Gasteiger partial charge in [-0.15, -0.1) is 6.58 Å². The van der Waals surface area contributed by atoms with Gasteiger partial charge in [0.05, 0.1) is 0 Å². The number of para-hydroxylation sites is 2. The number of fused-ring (bicyclic) bond motifs is 1. The SMILES string of the molecule is C=CCN(C)c1nc2ccccc2o1. The molecule has 0 aliphatic rings. The predicted molar refractivity (Wildman–Crippen MR) is 57.5 cm³/mol. The lowest BCUT2D eigenvalue weighted by Crippen LogP contribution is -2.16. The highest BCUT2D eigenvalue weighted by molar-refractivity contribution is 5.74. The van der Waals surface area contributed by atoms with Crippen molar-refractivity contribution in [2.24, 2.45) is 0 Å². The summed E-state index contributed by atoms with van der Waals surface area (Å²) in [5, 5.41) is 0. The molecule has 1 aromatic heterocycles. The van der Waals surface area contributed by atoms with E-state index >= 15 is 0 Å². The van der Waals surface area contributed by atoms with Crippen LogP contribution < -0.4 is 4.90 Å². The van der Waals surface area contributed by atoms with Crippen molar-refractivity contribution in [3.05, 3.63) is 36.9 Å². The summed E-state index contributed by atoms with van der Waals surface area (Å²) in [6, 6.07) is 8.36. The molecular weight excluding hydrogens is 176 g/mol. The molecule has 0 aliphatic carbocycles. The van der Waals surface area contributed by atoms with Gasteiger partial charge in [-0.3, -0.25) is 0 Å². The largest absolute Gasteiger partial charge is 0.423 e. The maximum Gasteiger partial charge on any atom is 0.298 e. The molecule has 0 N–H and O–H groups in total. The third kappa shape index (κ3) is 1.48. The summed E-state index contributed by atoms with van der Waals surface area (Å²) >= 11 is 0. The second-order valence-corrected chi connectivity index (χ2v) is 3.13. The third-order valence-corrected chi connectivity index (χ3v) is 2.01. The van der Waals surface area contributed by atoms with Crippen LogP contribution in [0.25, 0.3) is 11.1 Å². The minimum atomic E-state index is 0.631. The maximum absolute atomic E-state index is 5.55. The zero-order valence-electron chi connectivity index (χ0n) is 8.10. The molecule has 0 bridgehead atoms. The molecule has 2 rings (SSSR count). The van der Waals surface area contributed by atoms with Crippen LogP contribution >= 0.6 is 0 Å². The van der Waals surface area contributed by atoms with Crippen LogP contribution in [0, 0.1) is 0 Å². The fourth-order valence-corrected chi connectivity index (χ4v) is 1.30. The summed E-state index contributed by atoms with van der Waals surface area (Å²) in [6.07, 6.45) is 1.81. The molecular formula is C11H12N2O. The smallest absolute Gasteiger partial charge is 0.298 e. The van der Waals surface area contributed by atoms with Crippen molar-refractivity contribution in [3.63, 3.8) is 0 Å². The number of anilines is 1. The van der Waals surface area contributed by atoms with Crippen molar-refractivity contribution in [2.75, 3.05) is 18.5 Å². The first kappa shape index (κ1) is 8.81. The van der Waals surface area contributed by atoms with Gasteiger partial charge < -0.3 is 9.32 Å². The van der Waals surface area contributed by atoms with Crippen molar-refractivity contribution < 1.29 is 4.42 Å². The summed E-state index contributed by atoms with van der Waals surface area (Å²) < 4.78 is 5.55. The quantitative estimate of drug-likeness (QED) is 0.693. The molecule has 0 radical (unpaired) electrons. The molecule has 0 saturated heterocycles. The first-order valence-corrected chi connectivity index (χ1v) is 4.49. The van der Waals surface area contributed by atoms with Crippen LogP contribution in [0.15, 0.2) is 41.3 Å². The predicted octanol–water partition coefficient (Wildman–Crippen LogP) is 2.45. The Morgan fingerprint density at radius 1 is 1.50 bits per heavy atom. The zero-order valence-corrected chi connectivity index (χ0v) is 8.10. The van der Waals surface area contributed by atoms with Crippen molar-refractivity contribution in [3.8, 4) is 0 Å². The van der Waals surface area contributed by atoms with Crippen molar-refractivity contribution in [1.29, 1.82) is 0 Å². The van der Waals surface area contributed by atoms with Crippen molar-refractivity contribution in [2.45, 2.75) is 0 Å². The van der Waals surface area contributed by atoms with Gasteiger partial charge in [0.25, 0.3) is 6.01 Å². The van der Waals surface area contributed by atoms with E-state index in [0.29, 0.717) is 6.01 Å². The summed E-state index contributed by atoms with van der Waals surface area (Å²) in [4.78, 5) is 6.25. The Morgan fingerprint density at radius 3 is 3.00 bits per heavy atom. The Kier molecular flexibility index (Phi) is 2.23. The Bertz CT molecular complexity index is 414. The van der Waals surface area contributed by atoms with Crippen molar-refractivity contribution in [1.82, 2.24) is 4.98 Å². The van der Waals surface area contributed by atoms with Crippen LogP contribution in [-0.4, -0.2) is 18.6 Å². The standard InChI is InChI=1S/C11H12N2O/c1-3-8-13(2)11-12-9-6-4-5-7-10(9)14-11/h3-7H,1,8H2,2H3. The Morgan fingerprint density at radius 2 is 2.29 bits per heavy atom. The second kappa shape index (κ2) is 3.54. The van der Waals surface area contributed by atoms with Crippen molar-refractivity contribution >= 4 is 17.1 Å². The fourth-order valence-electron chi connectivity index (χ4n) is 1.30. The Hall–Kier alpha value is -1.77. The monoisotopic (exact) mass is 188 g/mol. The number of nitrogens with zero attached hydrogens (tertiary/aromatic N) is 2. The summed E-state index contributed by atoms with van der Waals surface area (Å²) in [6.45, 7) is 4.40. The van der Waals surface area contributed by atoms with Gasteiger partial charge in [-0.25, -0.2) is 0 Å². The molecule has 0 fully saturated rings. The molecule has 0 aliphatic heterocycles. The van der Waals surface area contributed by atoms with Gasteiger partial charge in [-0.05, 0) is 12.1 Å². The van der Waals surface area contributed by atoms with E-state index in [1.165, 1.54) is 0 Å². The van der Waals surface area contributed by atoms with Gasteiger partial charge in [0.1, 0.15) is 5.52 Å². The molecule has 14 heavy (non-hydrogen) atoms. The molecule has 1 heterocycles. The second-order valence-electron chi connectivity index (χ2n) is 3.13. The van der Waals surface area contributed by atoms with Crippen LogP contribution in [-0.2, 0) is 0 Å². The average Bonchev–Trinajstić information content (AvgIpc) is 2.61. The number of hydrogen-bond acceptors (Lipinski definition) is 3. The van der Waals surface area contributed by atoms with Gasteiger partial charge in [0.15, 0.2) is 5.58 Å². The molecule has 2 aromatic rings. The van der Waals surface area contributed by atoms with Crippen LogP contribution in [0.1, 0.15) is 0 Å². The molecule has 3 heteroatoms. The van der Waals surface area contributed by atoms with Gasteiger partial charge in [-0.2, -0.15) is 4.98 Å². The highest BCUT2D eigenvalue weighted by Crippen LogP contribution is 2.20.